The molecule has 0 aliphatic rings. The lowest BCUT2D eigenvalue weighted by Crippen LogP contribution is -2.55. The summed E-state index contributed by atoms with van der Waals surface area (Å²) in [5, 5.41) is 8.41. The number of rotatable bonds is 6. The zero-order chi connectivity index (χ0) is 12.3. The topological polar surface area (TPSA) is 83.5 Å². The maximum absolute atomic E-state index is 11.6. The summed E-state index contributed by atoms with van der Waals surface area (Å²) in [6, 6.07) is 0. The first-order chi connectivity index (χ1) is 6.72. The van der Waals surface area contributed by atoms with Crippen LogP contribution in [0.15, 0.2) is 0 Å². The van der Waals surface area contributed by atoms with Crippen LogP contribution in [-0.2, 0) is 14.8 Å². The smallest absolute Gasteiger partial charge is 0.324 e. The van der Waals surface area contributed by atoms with E-state index in [4.69, 9.17) is 5.11 Å². The Labute approximate surface area is 90.9 Å². The first-order valence-corrected chi connectivity index (χ1v) is 6.52. The molecule has 0 aliphatic carbocycles. The van der Waals surface area contributed by atoms with E-state index in [1.807, 2.05) is 0 Å². The van der Waals surface area contributed by atoms with Gasteiger partial charge in [-0.15, -0.1) is 0 Å². The number of nitrogens with one attached hydrogen (secondary N) is 1. The molecule has 0 aromatic carbocycles. The molecule has 15 heavy (non-hydrogen) atoms. The molecule has 90 valence electrons. The van der Waals surface area contributed by atoms with Crippen LogP contribution >= 0.6 is 0 Å². The van der Waals surface area contributed by atoms with Crippen LogP contribution in [-0.4, -0.2) is 30.3 Å². The lowest BCUT2D eigenvalue weighted by Gasteiger charge is -2.28. The van der Waals surface area contributed by atoms with E-state index < -0.39 is 26.8 Å². The number of hydrogen-bond acceptors (Lipinski definition) is 3. The van der Waals surface area contributed by atoms with Gasteiger partial charge in [-0.3, -0.25) is 4.79 Å². The van der Waals surface area contributed by atoms with Crippen LogP contribution in [0.25, 0.3) is 0 Å². The zero-order valence-electron chi connectivity index (χ0n) is 9.57. The van der Waals surface area contributed by atoms with Gasteiger partial charge in [-0.1, -0.05) is 13.8 Å². The summed E-state index contributed by atoms with van der Waals surface area (Å²) >= 11 is 0. The maximum atomic E-state index is 11.6. The van der Waals surface area contributed by atoms with Gasteiger partial charge >= 0.3 is 5.97 Å². The number of carboxylic acids is 1. The molecule has 0 aliphatic heterocycles. The average Bonchev–Trinajstić information content (AvgIpc) is 2.13. The molecule has 0 saturated heterocycles. The molecule has 0 saturated carbocycles. The maximum Gasteiger partial charge on any atom is 0.324 e. The molecule has 0 unspecified atom stereocenters. The highest BCUT2D eigenvalue weighted by atomic mass is 32.2. The minimum absolute atomic E-state index is 0.227. The Hall–Kier alpha value is -0.620. The third-order valence-electron chi connectivity index (χ3n) is 2.57. The standard InChI is InChI=1S/C9H19NO4S/c1-5-9(6-2,8(11)12)10-15(13,14)7(3)4/h7,10H,5-6H2,1-4H3,(H,11,12). The van der Waals surface area contributed by atoms with Gasteiger partial charge in [0, 0.05) is 0 Å². The van der Waals surface area contributed by atoms with Crippen molar-refractivity contribution in [3.63, 3.8) is 0 Å². The predicted molar refractivity (Wildman–Crippen MR) is 58.1 cm³/mol. The molecule has 0 rings (SSSR count). The largest absolute Gasteiger partial charge is 0.480 e. The minimum atomic E-state index is -3.56. The highest BCUT2D eigenvalue weighted by Gasteiger charge is 2.39. The summed E-state index contributed by atoms with van der Waals surface area (Å²) in [6.45, 7) is 6.33. The number of carbonyl (C=O) groups is 1. The molecule has 6 heteroatoms. The first kappa shape index (κ1) is 14.4. The Balaban J connectivity index is 5.09. The molecule has 0 heterocycles. The number of sulfonamides is 1. The second-order valence-corrected chi connectivity index (χ2v) is 6.03. The molecule has 0 aromatic rings. The van der Waals surface area contributed by atoms with Crippen LogP contribution in [0, 0.1) is 0 Å². The Morgan fingerprint density at radius 2 is 1.73 bits per heavy atom. The van der Waals surface area contributed by atoms with Crippen molar-refractivity contribution in [2.45, 2.75) is 51.3 Å². The van der Waals surface area contributed by atoms with Gasteiger partial charge in [-0.2, -0.15) is 4.72 Å². The van der Waals surface area contributed by atoms with Crippen molar-refractivity contribution in [3.8, 4) is 0 Å². The highest BCUT2D eigenvalue weighted by molar-refractivity contribution is 7.90. The van der Waals surface area contributed by atoms with E-state index >= 15 is 0 Å². The summed E-state index contributed by atoms with van der Waals surface area (Å²) in [7, 11) is -3.56. The van der Waals surface area contributed by atoms with Crippen LogP contribution in [0.2, 0.25) is 0 Å². The third kappa shape index (κ3) is 3.17. The quantitative estimate of drug-likeness (QED) is 0.720. The molecule has 0 bridgehead atoms. The summed E-state index contributed by atoms with van der Waals surface area (Å²) in [4.78, 5) is 11.1. The Morgan fingerprint density at radius 3 is 1.93 bits per heavy atom. The van der Waals surface area contributed by atoms with Gasteiger partial charge in [0.05, 0.1) is 5.25 Å². The van der Waals surface area contributed by atoms with Crippen molar-refractivity contribution < 1.29 is 18.3 Å². The monoisotopic (exact) mass is 237 g/mol. The van der Waals surface area contributed by atoms with Crippen LogP contribution in [0.1, 0.15) is 40.5 Å². The lowest BCUT2D eigenvalue weighted by molar-refractivity contribution is -0.144. The van der Waals surface area contributed by atoms with E-state index in [1.165, 1.54) is 13.8 Å². The molecule has 0 fully saturated rings. The van der Waals surface area contributed by atoms with Crippen molar-refractivity contribution in [1.29, 1.82) is 0 Å². The van der Waals surface area contributed by atoms with E-state index in [-0.39, 0.29) is 12.8 Å². The summed E-state index contributed by atoms with van der Waals surface area (Å²) < 4.78 is 25.5. The van der Waals surface area contributed by atoms with E-state index in [2.05, 4.69) is 4.72 Å². The number of aliphatic carboxylic acids is 1. The third-order valence-corrected chi connectivity index (χ3v) is 4.49. The Morgan fingerprint density at radius 1 is 1.33 bits per heavy atom. The zero-order valence-corrected chi connectivity index (χ0v) is 10.4. The van der Waals surface area contributed by atoms with Gasteiger partial charge in [-0.25, -0.2) is 8.42 Å². The number of hydrogen-bond donors (Lipinski definition) is 2. The average molecular weight is 237 g/mol. The SMILES string of the molecule is CCC(CC)(NS(=O)(=O)C(C)C)C(=O)O. The predicted octanol–water partition coefficient (Wildman–Crippen LogP) is 0.958. The van der Waals surface area contributed by atoms with E-state index in [9.17, 15) is 13.2 Å². The fraction of sp³-hybridized carbons (Fsp3) is 0.889. The van der Waals surface area contributed by atoms with Gasteiger partial charge in [-0.05, 0) is 26.7 Å². The highest BCUT2D eigenvalue weighted by Crippen LogP contribution is 2.18. The van der Waals surface area contributed by atoms with Gasteiger partial charge in [0.25, 0.3) is 0 Å². The fourth-order valence-corrected chi connectivity index (χ4v) is 2.29. The van der Waals surface area contributed by atoms with Gasteiger partial charge in [0.2, 0.25) is 10.0 Å². The van der Waals surface area contributed by atoms with Gasteiger partial charge in [0.1, 0.15) is 5.54 Å². The normalized spacial score (nSPS) is 13.1. The second kappa shape index (κ2) is 4.94. The molecule has 0 radical (unpaired) electrons. The van der Waals surface area contributed by atoms with Crippen LogP contribution in [0.5, 0.6) is 0 Å². The van der Waals surface area contributed by atoms with Crippen molar-refractivity contribution in [2.24, 2.45) is 0 Å². The Bertz CT molecular complexity index is 317. The molecule has 0 atom stereocenters. The van der Waals surface area contributed by atoms with Gasteiger partial charge < -0.3 is 5.11 Å². The van der Waals surface area contributed by atoms with Crippen LogP contribution in [0.4, 0.5) is 0 Å². The van der Waals surface area contributed by atoms with Crippen molar-refractivity contribution in [3.05, 3.63) is 0 Å². The lowest BCUT2D eigenvalue weighted by atomic mass is 9.95. The molecule has 0 amide bonds. The van der Waals surface area contributed by atoms with Crippen LogP contribution in [0.3, 0.4) is 0 Å². The summed E-state index contributed by atoms with van der Waals surface area (Å²) in [6.07, 6.45) is 0.454. The first-order valence-electron chi connectivity index (χ1n) is 4.98. The summed E-state index contributed by atoms with van der Waals surface area (Å²) in [5.41, 5.74) is -1.37. The second-order valence-electron chi connectivity index (χ2n) is 3.79. The van der Waals surface area contributed by atoms with E-state index in [1.54, 1.807) is 13.8 Å². The number of carboxylic acid groups (broad SMARTS) is 1. The molecule has 2 N–H and O–H groups in total. The minimum Gasteiger partial charge on any atom is -0.480 e. The van der Waals surface area contributed by atoms with Crippen molar-refractivity contribution in [2.75, 3.05) is 0 Å². The van der Waals surface area contributed by atoms with Crippen molar-refractivity contribution in [1.82, 2.24) is 4.72 Å². The molecule has 0 aromatic heterocycles. The summed E-state index contributed by atoms with van der Waals surface area (Å²) in [5.74, 6) is -1.13. The molecular formula is C9H19NO4S. The fourth-order valence-electron chi connectivity index (χ4n) is 1.13. The van der Waals surface area contributed by atoms with Crippen LogP contribution < -0.4 is 4.72 Å². The van der Waals surface area contributed by atoms with E-state index in [0.717, 1.165) is 0 Å². The molecule has 0 spiro atoms. The van der Waals surface area contributed by atoms with Gasteiger partial charge in [0.15, 0.2) is 0 Å². The van der Waals surface area contributed by atoms with E-state index in [0.29, 0.717) is 0 Å². The molecule has 5 nitrogen and oxygen atoms in total. The molecular weight excluding hydrogens is 218 g/mol. The Kier molecular flexibility index (Phi) is 4.73. The van der Waals surface area contributed by atoms with Crippen molar-refractivity contribution >= 4 is 16.0 Å².